The highest BCUT2D eigenvalue weighted by atomic mass is 35.5. The van der Waals surface area contributed by atoms with Gasteiger partial charge in [0.25, 0.3) is 5.91 Å². The number of hydrogen-bond donors (Lipinski definition) is 0. The van der Waals surface area contributed by atoms with Crippen LogP contribution in [0, 0.1) is 0 Å². The maximum Gasteiger partial charge on any atom is 0.253 e. The van der Waals surface area contributed by atoms with Gasteiger partial charge in [-0.25, -0.2) is 0 Å². The number of hydrogen-bond acceptors (Lipinski definition) is 3. The van der Waals surface area contributed by atoms with E-state index in [1.807, 2.05) is 12.1 Å². The van der Waals surface area contributed by atoms with Crippen molar-refractivity contribution in [1.29, 1.82) is 0 Å². The van der Waals surface area contributed by atoms with Crippen molar-refractivity contribution in [2.45, 2.75) is 13.3 Å². The van der Waals surface area contributed by atoms with E-state index < -0.39 is 0 Å². The van der Waals surface area contributed by atoms with Crippen molar-refractivity contribution in [3.8, 4) is 5.75 Å². The van der Waals surface area contributed by atoms with Crippen LogP contribution in [0.3, 0.4) is 0 Å². The molecule has 0 radical (unpaired) electrons. The molecule has 0 atom stereocenters. The minimum absolute atomic E-state index is 0.0271. The van der Waals surface area contributed by atoms with E-state index in [2.05, 4.69) is 0 Å². The van der Waals surface area contributed by atoms with Gasteiger partial charge in [0, 0.05) is 36.8 Å². The minimum Gasteiger partial charge on any atom is -0.492 e. The second kappa shape index (κ2) is 7.79. The second-order valence-electron chi connectivity index (χ2n) is 6.29. The molecule has 5 nitrogen and oxygen atoms in total. The number of benzene rings is 2. The van der Waals surface area contributed by atoms with E-state index in [9.17, 15) is 9.59 Å². The number of fused-ring (bicyclic) bond motifs is 1. The molecular formula is C20H21ClN2O3. The SMILES string of the molecule is CC(=O)N1CCc2cc(C(=O)N(C)CCOc3ccc(Cl)cc3)ccc21. The first-order chi connectivity index (χ1) is 12.5. The molecule has 1 aliphatic heterocycles. The van der Waals surface area contributed by atoms with Crippen LogP contribution < -0.4 is 9.64 Å². The molecule has 1 heterocycles. The number of carbonyl (C=O) groups excluding carboxylic acids is 2. The lowest BCUT2D eigenvalue weighted by molar-refractivity contribution is -0.116. The molecule has 1 aliphatic rings. The van der Waals surface area contributed by atoms with E-state index in [1.54, 1.807) is 54.1 Å². The van der Waals surface area contributed by atoms with E-state index in [0.29, 0.717) is 30.3 Å². The Morgan fingerprint density at radius 1 is 1.19 bits per heavy atom. The smallest absolute Gasteiger partial charge is 0.253 e. The van der Waals surface area contributed by atoms with Crippen LogP contribution in [0.2, 0.25) is 5.02 Å². The van der Waals surface area contributed by atoms with Gasteiger partial charge in [0.05, 0.1) is 6.54 Å². The average Bonchev–Trinajstić information content (AvgIpc) is 3.06. The van der Waals surface area contributed by atoms with Crippen LogP contribution in [0.4, 0.5) is 5.69 Å². The van der Waals surface area contributed by atoms with E-state index in [-0.39, 0.29) is 11.8 Å². The van der Waals surface area contributed by atoms with Crippen LogP contribution in [0.25, 0.3) is 0 Å². The maximum atomic E-state index is 12.6. The molecule has 0 aromatic heterocycles. The molecule has 0 bridgehead atoms. The standard InChI is InChI=1S/C20H21ClN2O3/c1-14(24)23-10-9-15-13-16(3-8-19(15)23)20(25)22(2)11-12-26-18-6-4-17(21)5-7-18/h3-8,13H,9-12H2,1-2H3. The summed E-state index contributed by atoms with van der Waals surface area (Å²) in [6.07, 6.45) is 0.777. The third kappa shape index (κ3) is 3.99. The van der Waals surface area contributed by atoms with Crippen LogP contribution in [0.15, 0.2) is 42.5 Å². The highest BCUT2D eigenvalue weighted by molar-refractivity contribution is 6.30. The largest absolute Gasteiger partial charge is 0.492 e. The van der Waals surface area contributed by atoms with Gasteiger partial charge in [0.1, 0.15) is 12.4 Å². The first-order valence-electron chi connectivity index (χ1n) is 8.50. The monoisotopic (exact) mass is 372 g/mol. The van der Waals surface area contributed by atoms with Crippen molar-refractivity contribution in [2.24, 2.45) is 0 Å². The van der Waals surface area contributed by atoms with Crippen molar-refractivity contribution < 1.29 is 14.3 Å². The number of carbonyl (C=O) groups is 2. The highest BCUT2D eigenvalue weighted by Crippen LogP contribution is 2.29. The van der Waals surface area contributed by atoms with E-state index in [4.69, 9.17) is 16.3 Å². The number of rotatable bonds is 5. The number of ether oxygens (including phenoxy) is 1. The topological polar surface area (TPSA) is 49.9 Å². The Hall–Kier alpha value is -2.53. The van der Waals surface area contributed by atoms with Gasteiger partial charge in [0.15, 0.2) is 0 Å². The molecule has 26 heavy (non-hydrogen) atoms. The van der Waals surface area contributed by atoms with Crippen LogP contribution in [0.1, 0.15) is 22.8 Å². The molecule has 2 amide bonds. The van der Waals surface area contributed by atoms with Crippen molar-refractivity contribution in [3.63, 3.8) is 0 Å². The Labute approximate surface area is 158 Å². The van der Waals surface area contributed by atoms with Crippen LogP contribution in [-0.2, 0) is 11.2 Å². The van der Waals surface area contributed by atoms with Gasteiger partial charge in [-0.1, -0.05) is 11.6 Å². The van der Waals surface area contributed by atoms with Gasteiger partial charge in [0.2, 0.25) is 5.91 Å². The molecule has 0 N–H and O–H groups in total. The Kier molecular flexibility index (Phi) is 5.47. The number of halogens is 1. The number of nitrogens with zero attached hydrogens (tertiary/aromatic N) is 2. The summed E-state index contributed by atoms with van der Waals surface area (Å²) in [5, 5.41) is 0.657. The fourth-order valence-electron chi connectivity index (χ4n) is 3.02. The Balaban J connectivity index is 1.58. The number of amides is 2. The van der Waals surface area contributed by atoms with Gasteiger partial charge < -0.3 is 14.5 Å². The lowest BCUT2D eigenvalue weighted by Crippen LogP contribution is -2.31. The molecule has 0 saturated carbocycles. The lowest BCUT2D eigenvalue weighted by Gasteiger charge is -2.19. The first-order valence-corrected chi connectivity index (χ1v) is 8.88. The van der Waals surface area contributed by atoms with Crippen molar-refractivity contribution in [2.75, 3.05) is 31.6 Å². The van der Waals surface area contributed by atoms with Gasteiger partial charge in [-0.05, 0) is 54.4 Å². The summed E-state index contributed by atoms with van der Waals surface area (Å²) >= 11 is 5.84. The zero-order valence-electron chi connectivity index (χ0n) is 14.9. The fraction of sp³-hybridized carbons (Fsp3) is 0.300. The minimum atomic E-state index is -0.0613. The predicted molar refractivity (Wildman–Crippen MR) is 102 cm³/mol. The molecule has 0 spiro atoms. The van der Waals surface area contributed by atoms with Gasteiger partial charge in [-0.15, -0.1) is 0 Å². The fourth-order valence-corrected chi connectivity index (χ4v) is 3.14. The average molecular weight is 373 g/mol. The summed E-state index contributed by atoms with van der Waals surface area (Å²) < 4.78 is 5.64. The van der Waals surface area contributed by atoms with Gasteiger partial charge >= 0.3 is 0 Å². The van der Waals surface area contributed by atoms with Gasteiger partial charge in [-0.2, -0.15) is 0 Å². The second-order valence-corrected chi connectivity index (χ2v) is 6.73. The summed E-state index contributed by atoms with van der Waals surface area (Å²) in [5.74, 6) is 0.685. The predicted octanol–water partition coefficient (Wildman–Crippen LogP) is 3.40. The van der Waals surface area contributed by atoms with Crippen LogP contribution >= 0.6 is 11.6 Å². The van der Waals surface area contributed by atoms with Crippen LogP contribution in [0.5, 0.6) is 5.75 Å². The maximum absolute atomic E-state index is 12.6. The number of anilines is 1. The molecule has 2 aromatic rings. The van der Waals surface area contributed by atoms with Crippen LogP contribution in [-0.4, -0.2) is 43.5 Å². The summed E-state index contributed by atoms with van der Waals surface area (Å²) in [4.78, 5) is 27.6. The van der Waals surface area contributed by atoms with E-state index in [0.717, 1.165) is 23.4 Å². The molecule has 0 fully saturated rings. The van der Waals surface area contributed by atoms with Crippen molar-refractivity contribution >= 4 is 29.1 Å². The highest BCUT2D eigenvalue weighted by Gasteiger charge is 2.23. The Morgan fingerprint density at radius 3 is 2.62 bits per heavy atom. The first kappa shape index (κ1) is 18.3. The molecule has 3 rings (SSSR count). The molecule has 6 heteroatoms. The molecular weight excluding hydrogens is 352 g/mol. The zero-order valence-corrected chi connectivity index (χ0v) is 15.6. The molecule has 0 saturated heterocycles. The Bertz CT molecular complexity index is 820. The summed E-state index contributed by atoms with van der Waals surface area (Å²) in [6, 6.07) is 12.6. The summed E-state index contributed by atoms with van der Waals surface area (Å²) in [6.45, 7) is 3.10. The molecule has 0 unspecified atom stereocenters. The summed E-state index contributed by atoms with van der Waals surface area (Å²) in [5.41, 5.74) is 2.57. The van der Waals surface area contributed by atoms with E-state index in [1.165, 1.54) is 0 Å². The third-order valence-electron chi connectivity index (χ3n) is 4.46. The van der Waals surface area contributed by atoms with E-state index >= 15 is 0 Å². The zero-order chi connectivity index (χ0) is 18.7. The Morgan fingerprint density at radius 2 is 1.92 bits per heavy atom. The third-order valence-corrected chi connectivity index (χ3v) is 4.71. The molecule has 0 aliphatic carbocycles. The van der Waals surface area contributed by atoms with Gasteiger partial charge in [-0.3, -0.25) is 9.59 Å². The quantitative estimate of drug-likeness (QED) is 0.808. The summed E-state index contributed by atoms with van der Waals surface area (Å²) in [7, 11) is 1.75. The lowest BCUT2D eigenvalue weighted by atomic mass is 10.1. The van der Waals surface area contributed by atoms with Crippen molar-refractivity contribution in [3.05, 3.63) is 58.6 Å². The molecule has 136 valence electrons. The number of likely N-dealkylation sites (N-methyl/N-ethyl adjacent to an activating group) is 1. The normalized spacial score (nSPS) is 12.7. The molecule has 2 aromatic carbocycles. The van der Waals surface area contributed by atoms with Crippen molar-refractivity contribution in [1.82, 2.24) is 4.90 Å².